The first-order chi connectivity index (χ1) is 8.13. The number of rotatable bonds is 2. The highest BCUT2D eigenvalue weighted by Crippen LogP contribution is 2.20. The number of amides is 1. The zero-order chi connectivity index (χ0) is 12.4. The summed E-state index contributed by atoms with van der Waals surface area (Å²) in [4.78, 5) is 13.7. The second-order valence-corrected chi connectivity index (χ2v) is 4.16. The Bertz CT molecular complexity index is 437. The van der Waals surface area contributed by atoms with Gasteiger partial charge in [0.05, 0.1) is 0 Å². The second kappa shape index (κ2) is 4.79. The number of nitrogens with two attached hydrogens (primary N) is 1. The Labute approximate surface area is 98.2 Å². The predicted octanol–water partition coefficient (Wildman–Crippen LogP) is 1.53. The molecule has 0 bridgehead atoms. The molecule has 0 radical (unpaired) electrons. The molecule has 0 spiro atoms. The van der Waals surface area contributed by atoms with E-state index in [9.17, 15) is 13.6 Å². The quantitative estimate of drug-likeness (QED) is 0.852. The number of likely N-dealkylation sites (tertiary alicyclic amines) is 1. The topological polar surface area (TPSA) is 46.3 Å². The molecule has 1 aromatic rings. The van der Waals surface area contributed by atoms with Crippen LogP contribution in [0.2, 0.25) is 0 Å². The van der Waals surface area contributed by atoms with Crippen LogP contribution in [0.4, 0.5) is 8.78 Å². The van der Waals surface area contributed by atoms with Crippen LogP contribution in [0.25, 0.3) is 0 Å². The molecule has 0 unspecified atom stereocenters. The summed E-state index contributed by atoms with van der Waals surface area (Å²) in [5.74, 6) is -2.23. The number of carbonyl (C=O) groups is 1. The van der Waals surface area contributed by atoms with E-state index in [4.69, 9.17) is 5.73 Å². The lowest BCUT2D eigenvalue weighted by Crippen LogP contribution is -2.39. The van der Waals surface area contributed by atoms with Crippen molar-refractivity contribution in [1.29, 1.82) is 0 Å². The normalized spacial score (nSPS) is 19.7. The van der Waals surface area contributed by atoms with Crippen molar-refractivity contribution in [1.82, 2.24) is 4.90 Å². The van der Waals surface area contributed by atoms with Crippen molar-refractivity contribution in [3.8, 4) is 0 Å². The van der Waals surface area contributed by atoms with E-state index < -0.39 is 11.6 Å². The second-order valence-electron chi connectivity index (χ2n) is 4.16. The average molecular weight is 240 g/mol. The first-order valence-electron chi connectivity index (χ1n) is 5.59. The van der Waals surface area contributed by atoms with Gasteiger partial charge >= 0.3 is 0 Å². The summed E-state index contributed by atoms with van der Waals surface area (Å²) in [6.45, 7) is 1.02. The fraction of sp³-hybridized carbons (Fsp3) is 0.417. The molecule has 1 heterocycles. The molecule has 1 amide bonds. The van der Waals surface area contributed by atoms with Gasteiger partial charge in [-0.05, 0) is 31.0 Å². The summed E-state index contributed by atoms with van der Waals surface area (Å²) < 4.78 is 25.8. The van der Waals surface area contributed by atoms with Gasteiger partial charge < -0.3 is 10.6 Å². The van der Waals surface area contributed by atoms with Crippen molar-refractivity contribution >= 4 is 5.91 Å². The standard InChI is InChI=1S/C12H14F2N2O/c13-10-4-3-8(6-11(10)14)12(17)16-5-1-2-9(16)7-15/h3-4,6,9H,1-2,5,7,15H2/t9-/m0/s1. The van der Waals surface area contributed by atoms with E-state index in [1.54, 1.807) is 4.90 Å². The molecule has 5 heteroatoms. The minimum absolute atomic E-state index is 0.00983. The highest BCUT2D eigenvalue weighted by atomic mass is 19.2. The maximum atomic E-state index is 13.0. The number of hydrogen-bond donors (Lipinski definition) is 1. The molecule has 0 aliphatic carbocycles. The maximum Gasteiger partial charge on any atom is 0.254 e. The van der Waals surface area contributed by atoms with E-state index in [1.165, 1.54) is 6.07 Å². The third kappa shape index (κ3) is 2.29. The molecular formula is C12H14F2N2O. The van der Waals surface area contributed by atoms with E-state index in [0.29, 0.717) is 13.1 Å². The molecule has 1 fully saturated rings. The van der Waals surface area contributed by atoms with Crippen molar-refractivity contribution in [2.24, 2.45) is 5.73 Å². The van der Waals surface area contributed by atoms with Gasteiger partial charge in [0, 0.05) is 24.7 Å². The summed E-state index contributed by atoms with van der Waals surface area (Å²) in [7, 11) is 0. The SMILES string of the molecule is NC[C@@H]1CCCN1C(=O)c1ccc(F)c(F)c1. The van der Waals surface area contributed by atoms with Crippen LogP contribution in [0.3, 0.4) is 0 Å². The average Bonchev–Trinajstić information content (AvgIpc) is 2.80. The largest absolute Gasteiger partial charge is 0.334 e. The molecule has 1 atom stereocenters. The third-order valence-corrected chi connectivity index (χ3v) is 3.08. The van der Waals surface area contributed by atoms with Gasteiger partial charge in [-0.3, -0.25) is 4.79 Å². The van der Waals surface area contributed by atoms with Crippen molar-refractivity contribution < 1.29 is 13.6 Å². The van der Waals surface area contributed by atoms with Gasteiger partial charge in [0.15, 0.2) is 11.6 Å². The Morgan fingerprint density at radius 1 is 1.41 bits per heavy atom. The van der Waals surface area contributed by atoms with Crippen molar-refractivity contribution in [2.45, 2.75) is 18.9 Å². The fourth-order valence-electron chi connectivity index (χ4n) is 2.14. The number of nitrogens with zero attached hydrogens (tertiary/aromatic N) is 1. The predicted molar refractivity (Wildman–Crippen MR) is 59.5 cm³/mol. The van der Waals surface area contributed by atoms with E-state index in [0.717, 1.165) is 25.0 Å². The lowest BCUT2D eigenvalue weighted by Gasteiger charge is -2.23. The minimum atomic E-state index is -1.00. The number of benzene rings is 1. The maximum absolute atomic E-state index is 13.0. The van der Waals surface area contributed by atoms with Crippen LogP contribution in [0.5, 0.6) is 0 Å². The highest BCUT2D eigenvalue weighted by Gasteiger charge is 2.28. The van der Waals surface area contributed by atoms with Gasteiger partial charge in [-0.25, -0.2) is 8.78 Å². The van der Waals surface area contributed by atoms with Crippen molar-refractivity contribution in [3.63, 3.8) is 0 Å². The molecule has 2 N–H and O–H groups in total. The molecule has 0 aromatic heterocycles. The Balaban J connectivity index is 2.21. The van der Waals surface area contributed by atoms with Crippen LogP contribution in [-0.2, 0) is 0 Å². The van der Waals surface area contributed by atoms with Gasteiger partial charge in [0.1, 0.15) is 0 Å². The molecule has 2 rings (SSSR count). The monoisotopic (exact) mass is 240 g/mol. The van der Waals surface area contributed by atoms with Crippen LogP contribution in [-0.4, -0.2) is 29.9 Å². The molecule has 1 aromatic carbocycles. The summed E-state index contributed by atoms with van der Waals surface area (Å²) in [5.41, 5.74) is 5.74. The van der Waals surface area contributed by atoms with Crippen LogP contribution in [0.15, 0.2) is 18.2 Å². The van der Waals surface area contributed by atoms with Gasteiger partial charge in [-0.1, -0.05) is 0 Å². The molecule has 17 heavy (non-hydrogen) atoms. The van der Waals surface area contributed by atoms with Gasteiger partial charge in [0.25, 0.3) is 5.91 Å². The first-order valence-corrected chi connectivity index (χ1v) is 5.59. The Morgan fingerprint density at radius 3 is 2.82 bits per heavy atom. The first kappa shape index (κ1) is 12.0. The molecule has 92 valence electrons. The van der Waals surface area contributed by atoms with Crippen LogP contribution >= 0.6 is 0 Å². The molecule has 1 saturated heterocycles. The van der Waals surface area contributed by atoms with Crippen LogP contribution < -0.4 is 5.73 Å². The molecular weight excluding hydrogens is 226 g/mol. The lowest BCUT2D eigenvalue weighted by molar-refractivity contribution is 0.0740. The van der Waals surface area contributed by atoms with Crippen molar-refractivity contribution in [2.75, 3.05) is 13.1 Å². The van der Waals surface area contributed by atoms with E-state index in [-0.39, 0.29) is 17.5 Å². The number of hydrogen-bond acceptors (Lipinski definition) is 2. The van der Waals surface area contributed by atoms with Gasteiger partial charge in [-0.15, -0.1) is 0 Å². The number of halogens is 2. The molecule has 1 aliphatic rings. The van der Waals surface area contributed by atoms with Crippen molar-refractivity contribution in [3.05, 3.63) is 35.4 Å². The van der Waals surface area contributed by atoms with E-state index in [1.807, 2.05) is 0 Å². The fourth-order valence-corrected chi connectivity index (χ4v) is 2.14. The Kier molecular flexibility index (Phi) is 3.38. The zero-order valence-corrected chi connectivity index (χ0v) is 9.33. The van der Waals surface area contributed by atoms with Gasteiger partial charge in [-0.2, -0.15) is 0 Å². The molecule has 0 saturated carbocycles. The van der Waals surface area contributed by atoms with E-state index in [2.05, 4.69) is 0 Å². The zero-order valence-electron chi connectivity index (χ0n) is 9.33. The minimum Gasteiger partial charge on any atom is -0.334 e. The lowest BCUT2D eigenvalue weighted by atomic mass is 10.1. The molecule has 3 nitrogen and oxygen atoms in total. The van der Waals surface area contributed by atoms with E-state index >= 15 is 0 Å². The van der Waals surface area contributed by atoms with Gasteiger partial charge in [0.2, 0.25) is 0 Å². The summed E-state index contributed by atoms with van der Waals surface area (Å²) in [6, 6.07) is 3.21. The Hall–Kier alpha value is -1.49. The smallest absolute Gasteiger partial charge is 0.254 e. The third-order valence-electron chi connectivity index (χ3n) is 3.08. The summed E-state index contributed by atoms with van der Waals surface area (Å²) in [6.07, 6.45) is 1.77. The van der Waals surface area contributed by atoms with Crippen LogP contribution in [0.1, 0.15) is 23.2 Å². The number of carbonyl (C=O) groups excluding carboxylic acids is 1. The highest BCUT2D eigenvalue weighted by molar-refractivity contribution is 5.94. The van der Waals surface area contributed by atoms with Crippen LogP contribution in [0, 0.1) is 11.6 Å². The Morgan fingerprint density at radius 2 is 2.18 bits per heavy atom. The summed E-state index contributed by atoms with van der Waals surface area (Å²) in [5, 5.41) is 0. The summed E-state index contributed by atoms with van der Waals surface area (Å²) >= 11 is 0. The molecule has 1 aliphatic heterocycles.